The normalized spacial score (nSPS) is 16.7. The van der Waals surface area contributed by atoms with E-state index >= 15 is 0 Å². The summed E-state index contributed by atoms with van der Waals surface area (Å²) >= 11 is 0. The van der Waals surface area contributed by atoms with Crippen molar-refractivity contribution >= 4 is 29.9 Å². The molecule has 0 spiro atoms. The third-order valence-corrected chi connectivity index (χ3v) is 4.36. The van der Waals surface area contributed by atoms with Crippen LogP contribution in [-0.2, 0) is 16.0 Å². The van der Waals surface area contributed by atoms with Gasteiger partial charge in [-0.05, 0) is 44.7 Å². The quantitative estimate of drug-likeness (QED) is 0.228. The van der Waals surface area contributed by atoms with Crippen LogP contribution in [-0.4, -0.2) is 52.1 Å². The van der Waals surface area contributed by atoms with E-state index in [0.717, 1.165) is 36.8 Å². The zero-order valence-electron chi connectivity index (χ0n) is 16.8. The van der Waals surface area contributed by atoms with Crippen LogP contribution >= 0.6 is 24.0 Å². The van der Waals surface area contributed by atoms with Crippen LogP contribution in [0.4, 0.5) is 0 Å². The molecule has 1 aromatic carbocycles. The molecule has 27 heavy (non-hydrogen) atoms. The molecule has 1 aliphatic heterocycles. The highest BCUT2D eigenvalue weighted by atomic mass is 127. The number of ether oxygens (including phenoxy) is 3. The minimum Gasteiger partial charge on any atom is -0.491 e. The predicted octanol–water partition coefficient (Wildman–Crippen LogP) is 3.26. The van der Waals surface area contributed by atoms with Crippen LogP contribution in [0, 0.1) is 6.92 Å². The number of hydrogen-bond donors (Lipinski definition) is 2. The maximum absolute atomic E-state index is 5.89. The van der Waals surface area contributed by atoms with E-state index in [2.05, 4.69) is 40.7 Å². The van der Waals surface area contributed by atoms with Crippen molar-refractivity contribution in [3.63, 3.8) is 0 Å². The first-order valence-electron chi connectivity index (χ1n) is 9.59. The molecule has 0 aromatic heterocycles. The summed E-state index contributed by atoms with van der Waals surface area (Å²) in [7, 11) is 1.79. The molecule has 0 radical (unpaired) electrons. The number of benzene rings is 1. The van der Waals surface area contributed by atoms with Gasteiger partial charge in [0, 0.05) is 38.9 Å². The lowest BCUT2D eigenvalue weighted by Gasteiger charge is -2.16. The summed E-state index contributed by atoms with van der Waals surface area (Å²) in [6.45, 7) is 8.33. The molecule has 0 bridgehead atoms. The topological polar surface area (TPSA) is 64.1 Å². The van der Waals surface area contributed by atoms with E-state index in [0.29, 0.717) is 32.5 Å². The van der Waals surface area contributed by atoms with Crippen LogP contribution in [0.1, 0.15) is 37.3 Å². The molecule has 2 N–H and O–H groups in total. The number of nitrogens with zero attached hydrogens (tertiary/aromatic N) is 1. The second kappa shape index (κ2) is 14.0. The minimum absolute atomic E-state index is 0. The van der Waals surface area contributed by atoms with E-state index in [4.69, 9.17) is 14.2 Å². The lowest BCUT2D eigenvalue weighted by atomic mass is 10.1. The second-order valence-electron chi connectivity index (χ2n) is 6.43. The average Bonchev–Trinajstić information content (AvgIpc) is 3.16. The summed E-state index contributed by atoms with van der Waals surface area (Å²) in [4.78, 5) is 4.29. The van der Waals surface area contributed by atoms with E-state index in [1.54, 1.807) is 7.05 Å². The summed E-state index contributed by atoms with van der Waals surface area (Å²) in [5, 5.41) is 6.71. The first-order valence-corrected chi connectivity index (χ1v) is 9.59. The van der Waals surface area contributed by atoms with Gasteiger partial charge in [-0.2, -0.15) is 0 Å². The number of guanidine groups is 1. The maximum Gasteiger partial charge on any atom is 0.191 e. The van der Waals surface area contributed by atoms with Crippen LogP contribution in [0.3, 0.4) is 0 Å². The highest BCUT2D eigenvalue weighted by Gasteiger charge is 2.14. The summed E-state index contributed by atoms with van der Waals surface area (Å²) in [5.41, 5.74) is 2.29. The summed E-state index contributed by atoms with van der Waals surface area (Å²) in [5.74, 6) is 1.69. The molecule has 1 fully saturated rings. The minimum atomic E-state index is 0. The molecule has 1 atom stereocenters. The fourth-order valence-electron chi connectivity index (χ4n) is 2.92. The van der Waals surface area contributed by atoms with Crippen molar-refractivity contribution in [1.82, 2.24) is 10.6 Å². The lowest BCUT2D eigenvalue weighted by molar-refractivity contribution is 0.105. The highest BCUT2D eigenvalue weighted by molar-refractivity contribution is 14.0. The van der Waals surface area contributed by atoms with Crippen molar-refractivity contribution in [3.05, 3.63) is 29.3 Å². The Morgan fingerprint density at radius 1 is 1.30 bits per heavy atom. The van der Waals surface area contributed by atoms with Gasteiger partial charge in [0.15, 0.2) is 5.96 Å². The number of hydrogen-bond acceptors (Lipinski definition) is 4. The monoisotopic (exact) mass is 491 g/mol. The first-order chi connectivity index (χ1) is 12.7. The van der Waals surface area contributed by atoms with Crippen LogP contribution in [0.5, 0.6) is 5.75 Å². The van der Waals surface area contributed by atoms with Crippen molar-refractivity contribution < 1.29 is 14.2 Å². The van der Waals surface area contributed by atoms with Gasteiger partial charge in [-0.3, -0.25) is 4.99 Å². The van der Waals surface area contributed by atoms with Gasteiger partial charge in [-0.25, -0.2) is 0 Å². The molecule has 1 heterocycles. The summed E-state index contributed by atoms with van der Waals surface area (Å²) in [6, 6.07) is 6.26. The molecule has 1 unspecified atom stereocenters. The van der Waals surface area contributed by atoms with E-state index in [1.165, 1.54) is 18.4 Å². The van der Waals surface area contributed by atoms with Crippen LogP contribution in [0.15, 0.2) is 23.2 Å². The molecular formula is C20H34IN3O3. The van der Waals surface area contributed by atoms with Crippen molar-refractivity contribution in [3.8, 4) is 5.75 Å². The van der Waals surface area contributed by atoms with Gasteiger partial charge in [0.2, 0.25) is 0 Å². The Kier molecular flexibility index (Phi) is 12.4. The van der Waals surface area contributed by atoms with Gasteiger partial charge in [0.25, 0.3) is 0 Å². The predicted molar refractivity (Wildman–Crippen MR) is 120 cm³/mol. The van der Waals surface area contributed by atoms with Gasteiger partial charge >= 0.3 is 0 Å². The van der Waals surface area contributed by atoms with Crippen molar-refractivity contribution in [2.45, 2.75) is 45.8 Å². The number of halogens is 1. The Morgan fingerprint density at radius 3 is 2.85 bits per heavy atom. The van der Waals surface area contributed by atoms with Crippen molar-refractivity contribution in [1.29, 1.82) is 0 Å². The molecule has 1 aliphatic rings. The maximum atomic E-state index is 5.89. The number of rotatable bonds is 10. The molecule has 0 saturated carbocycles. The molecule has 6 nitrogen and oxygen atoms in total. The molecule has 2 rings (SSSR count). The summed E-state index contributed by atoms with van der Waals surface area (Å²) < 4.78 is 16.9. The third-order valence-electron chi connectivity index (χ3n) is 4.36. The Labute approximate surface area is 180 Å². The van der Waals surface area contributed by atoms with Crippen molar-refractivity contribution in [2.75, 3.05) is 40.0 Å². The summed E-state index contributed by atoms with van der Waals surface area (Å²) in [6.07, 6.45) is 3.75. The second-order valence-corrected chi connectivity index (χ2v) is 6.43. The highest BCUT2D eigenvalue weighted by Crippen LogP contribution is 2.20. The lowest BCUT2D eigenvalue weighted by Crippen LogP contribution is -2.38. The Balaban J connectivity index is 0.00000364. The molecule has 7 heteroatoms. The molecule has 1 saturated heterocycles. The Hall–Kier alpha value is -1.06. The number of aryl methyl sites for hydroxylation is 1. The average molecular weight is 491 g/mol. The Morgan fingerprint density at radius 2 is 2.15 bits per heavy atom. The Bertz CT molecular complexity index is 563. The third kappa shape index (κ3) is 9.12. The molecule has 0 aliphatic carbocycles. The fourth-order valence-corrected chi connectivity index (χ4v) is 2.92. The largest absolute Gasteiger partial charge is 0.491 e. The van der Waals surface area contributed by atoms with Gasteiger partial charge in [0.1, 0.15) is 12.4 Å². The van der Waals surface area contributed by atoms with Gasteiger partial charge in [-0.1, -0.05) is 12.1 Å². The van der Waals surface area contributed by atoms with Crippen LogP contribution < -0.4 is 15.4 Å². The van der Waals surface area contributed by atoms with Gasteiger partial charge in [0.05, 0.1) is 12.7 Å². The zero-order valence-corrected chi connectivity index (χ0v) is 19.1. The van der Waals surface area contributed by atoms with Crippen LogP contribution in [0.2, 0.25) is 0 Å². The van der Waals surface area contributed by atoms with Crippen molar-refractivity contribution in [2.24, 2.45) is 4.99 Å². The zero-order chi connectivity index (χ0) is 18.6. The first kappa shape index (κ1) is 24.0. The smallest absolute Gasteiger partial charge is 0.191 e. The van der Waals surface area contributed by atoms with E-state index in [9.17, 15) is 0 Å². The van der Waals surface area contributed by atoms with E-state index in [1.807, 2.05) is 6.92 Å². The van der Waals surface area contributed by atoms with E-state index in [-0.39, 0.29) is 24.0 Å². The fraction of sp³-hybridized carbons (Fsp3) is 0.650. The number of nitrogens with one attached hydrogen (secondary N) is 2. The van der Waals surface area contributed by atoms with Gasteiger partial charge in [-0.15, -0.1) is 24.0 Å². The number of aliphatic imine (C=N–C) groups is 1. The molecule has 0 amide bonds. The standard InChI is InChI=1S/C20H33N3O3.HI/c1-4-24-12-13-26-19-14-16(2)7-8-17(19)15-23-20(21-3)22-10-9-18-6-5-11-25-18;/h7-8,14,18H,4-6,9-13,15H2,1-3H3,(H2,21,22,23);1H. The van der Waals surface area contributed by atoms with Crippen LogP contribution in [0.25, 0.3) is 0 Å². The SMILES string of the molecule is CCOCCOc1cc(C)ccc1CNC(=NC)NCCC1CCCO1.I. The molecule has 1 aromatic rings. The van der Waals surface area contributed by atoms with E-state index < -0.39 is 0 Å². The molecular weight excluding hydrogens is 457 g/mol. The van der Waals surface area contributed by atoms with Gasteiger partial charge < -0.3 is 24.8 Å². The molecule has 154 valence electrons.